The zero-order chi connectivity index (χ0) is 18.7. The summed E-state index contributed by atoms with van der Waals surface area (Å²) in [5, 5.41) is 11.5. The van der Waals surface area contributed by atoms with Crippen molar-refractivity contribution >= 4 is 29.2 Å². The third-order valence-corrected chi connectivity index (χ3v) is 5.23. The molecule has 2 heterocycles. The first-order chi connectivity index (χ1) is 12.4. The fourth-order valence-electron chi connectivity index (χ4n) is 2.60. The van der Waals surface area contributed by atoms with E-state index in [-0.39, 0.29) is 5.69 Å². The Morgan fingerprint density at radius 1 is 1.42 bits per heavy atom. The highest BCUT2D eigenvalue weighted by molar-refractivity contribution is 8.00. The number of nitrogens with two attached hydrogens (primary N) is 1. The molecular formula is C18H16FN5OS. The molecular weight excluding hydrogens is 353 g/mol. The van der Waals surface area contributed by atoms with Crippen molar-refractivity contribution < 1.29 is 9.18 Å². The molecule has 0 fully saturated rings. The zero-order valence-electron chi connectivity index (χ0n) is 14.0. The summed E-state index contributed by atoms with van der Waals surface area (Å²) < 4.78 is 14.4. The van der Waals surface area contributed by atoms with Gasteiger partial charge in [0.05, 0.1) is 11.4 Å². The van der Waals surface area contributed by atoms with Gasteiger partial charge in [0.25, 0.3) is 5.91 Å². The van der Waals surface area contributed by atoms with Crippen molar-refractivity contribution in [3.63, 3.8) is 0 Å². The number of nitriles is 1. The maximum atomic E-state index is 14.4. The fourth-order valence-corrected chi connectivity index (χ4v) is 3.80. The van der Waals surface area contributed by atoms with Crippen LogP contribution in [0, 0.1) is 17.1 Å². The number of benzene rings is 1. The quantitative estimate of drug-likeness (QED) is 0.865. The average molecular weight is 369 g/mol. The number of nitrogens with one attached hydrogen (secondary N) is 1. The molecule has 1 atom stereocenters. The molecule has 1 amide bonds. The number of carbonyl (C=O) groups excluding carboxylic acids is 1. The van der Waals surface area contributed by atoms with Crippen LogP contribution in [0.25, 0.3) is 0 Å². The highest BCUT2D eigenvalue weighted by Crippen LogP contribution is 2.42. The van der Waals surface area contributed by atoms with Crippen molar-refractivity contribution in [3.8, 4) is 6.07 Å². The van der Waals surface area contributed by atoms with Crippen LogP contribution in [-0.2, 0) is 4.87 Å². The van der Waals surface area contributed by atoms with Gasteiger partial charge in [-0.1, -0.05) is 0 Å². The number of hydrogen-bond donors (Lipinski definition) is 2. The first-order valence-corrected chi connectivity index (χ1v) is 8.85. The van der Waals surface area contributed by atoms with Crippen LogP contribution in [0.3, 0.4) is 0 Å². The van der Waals surface area contributed by atoms with E-state index in [4.69, 9.17) is 11.0 Å². The van der Waals surface area contributed by atoms with Gasteiger partial charge < -0.3 is 11.1 Å². The predicted molar refractivity (Wildman–Crippen MR) is 99.4 cm³/mol. The van der Waals surface area contributed by atoms with Crippen LogP contribution < -0.4 is 11.1 Å². The van der Waals surface area contributed by atoms with Gasteiger partial charge in [-0.2, -0.15) is 5.26 Å². The van der Waals surface area contributed by atoms with Gasteiger partial charge in [0, 0.05) is 29.6 Å². The van der Waals surface area contributed by atoms with Gasteiger partial charge in [0.15, 0.2) is 0 Å². The minimum atomic E-state index is -0.833. The van der Waals surface area contributed by atoms with Gasteiger partial charge in [-0.3, -0.25) is 9.79 Å². The van der Waals surface area contributed by atoms with Crippen molar-refractivity contribution in [3.05, 3.63) is 59.2 Å². The fraction of sp³-hybridized carbons (Fsp3) is 0.222. The van der Waals surface area contributed by atoms with Crippen LogP contribution in [0.15, 0.2) is 41.5 Å². The Bertz CT molecular complexity index is 922. The summed E-state index contributed by atoms with van der Waals surface area (Å²) in [6, 6.07) is 9.24. The van der Waals surface area contributed by atoms with Crippen molar-refractivity contribution in [2.75, 3.05) is 11.1 Å². The van der Waals surface area contributed by atoms with Gasteiger partial charge in [-0.15, -0.1) is 11.8 Å². The van der Waals surface area contributed by atoms with E-state index in [1.54, 1.807) is 13.0 Å². The van der Waals surface area contributed by atoms with E-state index in [0.29, 0.717) is 29.1 Å². The second-order valence-corrected chi connectivity index (χ2v) is 7.37. The SMILES string of the molecule is CC1(c2cc(NC(=O)c3ccc(C#N)cn3)ccc2F)N=C(N)CCS1. The third kappa shape index (κ3) is 3.68. The molecule has 2 aromatic rings. The van der Waals surface area contributed by atoms with E-state index in [1.807, 2.05) is 6.07 Å². The number of carbonyl (C=O) groups is 1. The van der Waals surface area contributed by atoms with Crippen LogP contribution >= 0.6 is 11.8 Å². The highest BCUT2D eigenvalue weighted by atomic mass is 32.2. The Kier molecular flexibility index (Phi) is 4.91. The molecule has 1 aliphatic rings. The molecule has 0 spiro atoms. The molecule has 3 rings (SSSR count). The predicted octanol–water partition coefficient (Wildman–Crippen LogP) is 3.01. The summed E-state index contributed by atoms with van der Waals surface area (Å²) in [4.78, 5) is 19.8. The molecule has 1 aliphatic heterocycles. The molecule has 8 heteroatoms. The lowest BCUT2D eigenvalue weighted by Gasteiger charge is -2.30. The van der Waals surface area contributed by atoms with Crippen LogP contribution in [0.5, 0.6) is 0 Å². The Labute approximate surface area is 154 Å². The first kappa shape index (κ1) is 17.9. The summed E-state index contributed by atoms with van der Waals surface area (Å²) >= 11 is 1.50. The molecule has 0 radical (unpaired) electrons. The molecule has 26 heavy (non-hydrogen) atoms. The van der Waals surface area contributed by atoms with Crippen LogP contribution in [0.1, 0.15) is 35.0 Å². The van der Waals surface area contributed by atoms with E-state index in [9.17, 15) is 9.18 Å². The number of amides is 1. The lowest BCUT2D eigenvalue weighted by atomic mass is 10.1. The van der Waals surface area contributed by atoms with E-state index >= 15 is 0 Å². The Morgan fingerprint density at radius 2 is 2.23 bits per heavy atom. The molecule has 6 nitrogen and oxygen atoms in total. The summed E-state index contributed by atoms with van der Waals surface area (Å²) in [6.07, 6.45) is 1.99. The number of hydrogen-bond acceptors (Lipinski definition) is 6. The smallest absolute Gasteiger partial charge is 0.274 e. The minimum absolute atomic E-state index is 0.162. The van der Waals surface area contributed by atoms with Crippen molar-refractivity contribution in [2.24, 2.45) is 10.7 Å². The first-order valence-electron chi connectivity index (χ1n) is 7.87. The maximum Gasteiger partial charge on any atom is 0.274 e. The number of thioether (sulfide) groups is 1. The molecule has 0 saturated carbocycles. The van der Waals surface area contributed by atoms with E-state index in [1.165, 1.54) is 42.2 Å². The number of nitrogens with zero attached hydrogens (tertiary/aromatic N) is 3. The normalized spacial score (nSPS) is 19.3. The number of pyridine rings is 1. The van der Waals surface area contributed by atoms with Gasteiger partial charge >= 0.3 is 0 Å². The number of halogens is 1. The van der Waals surface area contributed by atoms with Crippen molar-refractivity contribution in [1.29, 1.82) is 5.26 Å². The lowest BCUT2D eigenvalue weighted by Crippen LogP contribution is -2.28. The largest absolute Gasteiger partial charge is 0.387 e. The molecule has 3 N–H and O–H groups in total. The number of rotatable bonds is 3. The maximum absolute atomic E-state index is 14.4. The second-order valence-electron chi connectivity index (χ2n) is 5.88. The van der Waals surface area contributed by atoms with E-state index in [0.717, 1.165) is 5.75 Å². The molecule has 132 valence electrons. The van der Waals surface area contributed by atoms with E-state index in [2.05, 4.69) is 15.3 Å². The number of amidine groups is 1. The zero-order valence-corrected chi connectivity index (χ0v) is 14.8. The Morgan fingerprint density at radius 3 is 2.88 bits per heavy atom. The molecule has 1 unspecified atom stereocenters. The van der Waals surface area contributed by atoms with Crippen molar-refractivity contribution in [2.45, 2.75) is 18.2 Å². The number of aliphatic imine (C=N–C) groups is 1. The van der Waals surface area contributed by atoms with Gasteiger partial charge in [0.2, 0.25) is 0 Å². The summed E-state index contributed by atoms with van der Waals surface area (Å²) in [7, 11) is 0. The number of aromatic nitrogens is 1. The van der Waals surface area contributed by atoms with Gasteiger partial charge in [0.1, 0.15) is 22.5 Å². The second kappa shape index (κ2) is 7.14. The Balaban J connectivity index is 1.86. The molecule has 0 saturated heterocycles. The topological polar surface area (TPSA) is 104 Å². The summed E-state index contributed by atoms with van der Waals surface area (Å²) in [5.41, 5.74) is 7.14. The van der Waals surface area contributed by atoms with Crippen LogP contribution in [-0.4, -0.2) is 22.5 Å². The van der Waals surface area contributed by atoms with Crippen LogP contribution in [0.2, 0.25) is 0 Å². The third-order valence-electron chi connectivity index (χ3n) is 3.95. The molecule has 1 aromatic carbocycles. The van der Waals surface area contributed by atoms with Gasteiger partial charge in [-0.25, -0.2) is 9.37 Å². The molecule has 0 bridgehead atoms. The number of anilines is 1. The molecule has 1 aromatic heterocycles. The Hall–Kier alpha value is -2.92. The minimum Gasteiger partial charge on any atom is -0.387 e. The average Bonchev–Trinajstić information content (AvgIpc) is 2.63. The summed E-state index contributed by atoms with van der Waals surface area (Å²) in [6.45, 7) is 1.80. The highest BCUT2D eigenvalue weighted by Gasteiger charge is 2.32. The van der Waals surface area contributed by atoms with E-state index < -0.39 is 16.6 Å². The van der Waals surface area contributed by atoms with Crippen LogP contribution in [0.4, 0.5) is 10.1 Å². The lowest BCUT2D eigenvalue weighted by molar-refractivity contribution is 0.102. The molecule has 0 aliphatic carbocycles. The standard InChI is InChI=1S/C18H16FN5OS/c1-18(24-16(21)6-7-26-18)13-8-12(3-4-14(13)19)23-17(25)15-5-2-11(9-20)10-22-15/h2-5,8,10H,6-7H2,1H3,(H2,21,24)(H,23,25). The monoisotopic (exact) mass is 369 g/mol. The van der Waals surface area contributed by atoms with Crippen molar-refractivity contribution in [1.82, 2.24) is 4.98 Å². The van der Waals surface area contributed by atoms with Gasteiger partial charge in [-0.05, 0) is 37.3 Å². The summed E-state index contributed by atoms with van der Waals surface area (Å²) in [5.74, 6) is 0.378.